The fourth-order valence-electron chi connectivity index (χ4n) is 5.89. The van der Waals surface area contributed by atoms with E-state index in [1.54, 1.807) is 60.8 Å². The fraction of sp³-hybridized carbons (Fsp3) is 0.159. The van der Waals surface area contributed by atoms with Crippen molar-refractivity contribution in [2.45, 2.75) is 19.6 Å². The van der Waals surface area contributed by atoms with Gasteiger partial charge in [0.05, 0.1) is 38.2 Å². The molecule has 0 radical (unpaired) electrons. The predicted molar refractivity (Wildman–Crippen MR) is 222 cm³/mol. The third-order valence-electron chi connectivity index (χ3n) is 9.02. The van der Waals surface area contributed by atoms with Gasteiger partial charge in [-0.1, -0.05) is 36.4 Å². The topological polar surface area (TPSA) is 190 Å². The molecule has 0 saturated carbocycles. The van der Waals surface area contributed by atoms with Crippen molar-refractivity contribution in [2.24, 2.45) is 17.8 Å². The number of nitrogens with two attached hydrogens (primary N) is 1. The number of fused-ring (bicyclic) bond motifs is 1. The van der Waals surface area contributed by atoms with Gasteiger partial charge in [-0.2, -0.15) is 4.99 Å². The minimum Gasteiger partial charge on any atom is -0.496 e. The van der Waals surface area contributed by atoms with Gasteiger partial charge in [0, 0.05) is 54.3 Å². The largest absolute Gasteiger partial charge is 0.496 e. The van der Waals surface area contributed by atoms with E-state index in [2.05, 4.69) is 20.0 Å². The zero-order valence-corrected chi connectivity index (χ0v) is 32.5. The number of carbonyl (C=O) groups excluding carboxylic acids is 4. The molecular formula is C44H41N7O8. The molecule has 15 heteroatoms. The Kier molecular flexibility index (Phi) is 13.4. The predicted octanol–water partition coefficient (Wildman–Crippen LogP) is 6.46. The van der Waals surface area contributed by atoms with Crippen molar-refractivity contribution in [3.05, 3.63) is 150 Å². The zero-order valence-electron chi connectivity index (χ0n) is 32.5. The Morgan fingerprint density at radius 3 is 2.39 bits per heavy atom. The van der Waals surface area contributed by atoms with Crippen molar-refractivity contribution >= 4 is 58.4 Å². The van der Waals surface area contributed by atoms with Crippen LogP contribution in [0.1, 0.15) is 39.3 Å². The highest BCUT2D eigenvalue weighted by molar-refractivity contribution is 6.07. The number of esters is 2. The van der Waals surface area contributed by atoms with Crippen molar-refractivity contribution in [1.29, 1.82) is 0 Å². The number of amidine groups is 1. The number of aryl methyl sites for hydroxylation is 1. The minimum absolute atomic E-state index is 0.0180. The maximum absolute atomic E-state index is 14.0. The summed E-state index contributed by atoms with van der Waals surface area (Å²) in [6.07, 6.45) is 3.43. The average molecular weight is 796 g/mol. The van der Waals surface area contributed by atoms with E-state index in [-0.39, 0.29) is 37.1 Å². The molecule has 0 aliphatic rings. The maximum Gasteiger partial charge on any atom is 0.435 e. The van der Waals surface area contributed by atoms with Crippen LogP contribution in [-0.4, -0.2) is 65.1 Å². The first-order chi connectivity index (χ1) is 28.6. The lowest BCUT2D eigenvalue weighted by Gasteiger charge is -2.21. The molecule has 59 heavy (non-hydrogen) atoms. The number of ether oxygens (including phenoxy) is 4. The summed E-state index contributed by atoms with van der Waals surface area (Å²) in [6, 6.07) is 31.6. The van der Waals surface area contributed by atoms with Gasteiger partial charge >= 0.3 is 18.0 Å². The highest BCUT2D eigenvalue weighted by Crippen LogP contribution is 2.27. The lowest BCUT2D eigenvalue weighted by Crippen LogP contribution is -2.34. The van der Waals surface area contributed by atoms with E-state index < -0.39 is 18.0 Å². The number of nitrogens with zero attached hydrogens (tertiary/aromatic N) is 5. The summed E-state index contributed by atoms with van der Waals surface area (Å²) in [4.78, 5) is 65.2. The van der Waals surface area contributed by atoms with Gasteiger partial charge < -0.3 is 34.6 Å². The Hall–Kier alpha value is -7.81. The fourth-order valence-corrected chi connectivity index (χ4v) is 5.89. The second kappa shape index (κ2) is 19.4. The molecule has 6 rings (SSSR count). The Labute approximate surface area is 339 Å². The average Bonchev–Trinajstić information content (AvgIpc) is 3.58. The number of pyridine rings is 1. The van der Waals surface area contributed by atoms with Crippen LogP contribution in [0, 0.1) is 0 Å². The van der Waals surface area contributed by atoms with Crippen molar-refractivity contribution in [3.63, 3.8) is 0 Å². The molecule has 0 atom stereocenters. The van der Waals surface area contributed by atoms with Crippen molar-refractivity contribution in [3.8, 4) is 11.5 Å². The van der Waals surface area contributed by atoms with Crippen molar-refractivity contribution < 1.29 is 38.1 Å². The van der Waals surface area contributed by atoms with Crippen molar-refractivity contribution in [1.82, 2.24) is 14.5 Å². The van der Waals surface area contributed by atoms with Crippen molar-refractivity contribution in [2.75, 3.05) is 31.0 Å². The lowest BCUT2D eigenvalue weighted by molar-refractivity contribution is -0.135. The van der Waals surface area contributed by atoms with E-state index in [4.69, 9.17) is 24.9 Å². The number of aliphatic imine (C=N–C) groups is 1. The van der Waals surface area contributed by atoms with E-state index in [1.807, 2.05) is 60.1 Å². The van der Waals surface area contributed by atoms with Crippen LogP contribution in [0.2, 0.25) is 0 Å². The molecule has 2 heterocycles. The molecular weight excluding hydrogens is 755 g/mol. The summed E-state index contributed by atoms with van der Waals surface area (Å²) in [5.74, 6) is 0.240. The van der Waals surface area contributed by atoms with Crippen LogP contribution in [0.4, 0.5) is 16.3 Å². The third kappa shape index (κ3) is 10.7. The number of hydrogen-bond donors (Lipinski definition) is 2. The van der Waals surface area contributed by atoms with Gasteiger partial charge in [-0.05, 0) is 78.4 Å². The van der Waals surface area contributed by atoms with Crippen LogP contribution in [0.3, 0.4) is 0 Å². The Morgan fingerprint density at radius 1 is 0.898 bits per heavy atom. The smallest absolute Gasteiger partial charge is 0.435 e. The van der Waals surface area contributed by atoms with E-state index in [0.29, 0.717) is 46.1 Å². The van der Waals surface area contributed by atoms with E-state index in [9.17, 15) is 19.2 Å². The highest BCUT2D eigenvalue weighted by atomic mass is 16.5. The van der Waals surface area contributed by atoms with Crippen LogP contribution in [0.25, 0.3) is 17.1 Å². The van der Waals surface area contributed by atoms with Gasteiger partial charge in [0.2, 0.25) is 0 Å². The molecule has 0 unspecified atom stereocenters. The number of rotatable bonds is 15. The molecule has 3 N–H and O–H groups in total. The molecule has 0 saturated heterocycles. The number of carbonyl (C=O) groups is 4. The van der Waals surface area contributed by atoms with Crippen LogP contribution < -0.4 is 25.4 Å². The molecule has 2 amide bonds. The molecule has 6 aromatic rings. The van der Waals surface area contributed by atoms with Gasteiger partial charge in [-0.3, -0.25) is 14.5 Å². The molecule has 300 valence electrons. The van der Waals surface area contributed by atoms with Crippen LogP contribution >= 0.6 is 0 Å². The number of aromatic nitrogens is 3. The number of nitrogens with one attached hydrogen (secondary N) is 1. The molecule has 15 nitrogen and oxygen atoms in total. The molecule has 2 aromatic heterocycles. The first-order valence-corrected chi connectivity index (χ1v) is 18.3. The number of anilines is 2. The molecule has 0 spiro atoms. The molecule has 4 aromatic carbocycles. The Bertz CT molecular complexity index is 2500. The summed E-state index contributed by atoms with van der Waals surface area (Å²) in [5.41, 5.74) is 10.6. The van der Waals surface area contributed by atoms with Gasteiger partial charge in [-0.15, -0.1) is 0 Å². The summed E-state index contributed by atoms with van der Waals surface area (Å²) in [7, 11) is 4.62. The normalized spacial score (nSPS) is 11.3. The summed E-state index contributed by atoms with van der Waals surface area (Å²) in [5, 5.41) is 3.34. The van der Waals surface area contributed by atoms with E-state index >= 15 is 0 Å². The second-order valence-corrected chi connectivity index (χ2v) is 12.9. The van der Waals surface area contributed by atoms with Gasteiger partial charge in [-0.25, -0.2) is 19.6 Å². The first kappa shape index (κ1) is 40.8. The second-order valence-electron chi connectivity index (χ2n) is 12.9. The van der Waals surface area contributed by atoms with Crippen LogP contribution in [0.15, 0.2) is 126 Å². The number of benzene rings is 4. The number of methoxy groups -OCH3 is 2. The summed E-state index contributed by atoms with van der Waals surface area (Å²) in [6.45, 7) is 0.442. The quantitative estimate of drug-likeness (QED) is 0.0380. The van der Waals surface area contributed by atoms with E-state index in [1.165, 1.54) is 37.3 Å². The molecule has 0 aliphatic heterocycles. The Morgan fingerprint density at radius 2 is 1.66 bits per heavy atom. The van der Waals surface area contributed by atoms with Gasteiger partial charge in [0.25, 0.3) is 5.91 Å². The highest BCUT2D eigenvalue weighted by Gasteiger charge is 2.22. The monoisotopic (exact) mass is 795 g/mol. The SMILES string of the molecule is COC(=O)/C=C/c1ccc(OC(=O)CCN(C(=O)c2ccc3c(c2)nc(CNc2ccc(/C(N)=N/C(=O)OCc4ccccc4)cc2)n3C)c2ccccn2)cc1OC. The van der Waals surface area contributed by atoms with Crippen LogP contribution in [0.5, 0.6) is 11.5 Å². The zero-order chi connectivity index (χ0) is 41.7. The first-order valence-electron chi connectivity index (χ1n) is 18.3. The maximum atomic E-state index is 14.0. The summed E-state index contributed by atoms with van der Waals surface area (Å²) >= 11 is 0. The van der Waals surface area contributed by atoms with E-state index in [0.717, 1.165) is 16.8 Å². The van der Waals surface area contributed by atoms with Gasteiger partial charge in [0.15, 0.2) is 0 Å². The third-order valence-corrected chi connectivity index (χ3v) is 9.02. The van der Waals surface area contributed by atoms with Gasteiger partial charge in [0.1, 0.15) is 35.6 Å². The number of hydrogen-bond acceptors (Lipinski definition) is 11. The van der Waals surface area contributed by atoms with Crippen LogP contribution in [-0.2, 0) is 39.3 Å². The standard InChI is InChI=1S/C44H41N7O8/c1-50-36-20-15-32(25-35(36)48-39(50)27-47-33-17-12-31(13-18-33)42(45)49-44(55)58-28-29-9-5-4-6-10-29)43(54)51(38-11-7-8-23-46-38)24-22-41(53)59-34-19-14-30(37(26-34)56-2)16-21-40(52)57-3/h4-21,23,25-26,47H,22,24,27-28H2,1-3H3,(H2,45,49,55)/b21-16+. The summed E-state index contributed by atoms with van der Waals surface area (Å²) < 4.78 is 22.7. The molecule has 0 aliphatic carbocycles. The molecule has 0 fully saturated rings. The minimum atomic E-state index is -0.779. The Balaban J connectivity index is 1.09. The lowest BCUT2D eigenvalue weighted by atomic mass is 10.1. The number of imidazole rings is 1. The number of amides is 2. The molecule has 0 bridgehead atoms.